The van der Waals surface area contributed by atoms with Gasteiger partial charge < -0.3 is 20.2 Å². The van der Waals surface area contributed by atoms with Gasteiger partial charge in [0.1, 0.15) is 0 Å². The lowest BCUT2D eigenvalue weighted by Gasteiger charge is -2.20. The Kier molecular flexibility index (Phi) is 8.59. The molecule has 0 fully saturated rings. The summed E-state index contributed by atoms with van der Waals surface area (Å²) >= 11 is 11.8. The molecule has 11 heteroatoms. The van der Waals surface area contributed by atoms with E-state index in [0.29, 0.717) is 0 Å². The van der Waals surface area contributed by atoms with Gasteiger partial charge in [0.25, 0.3) is 5.91 Å². The van der Waals surface area contributed by atoms with Gasteiger partial charge in [0.05, 0.1) is 24.9 Å². The van der Waals surface area contributed by atoms with E-state index in [1.165, 1.54) is 18.2 Å². The molecule has 0 unspecified atom stereocenters. The van der Waals surface area contributed by atoms with E-state index in [2.05, 4.69) is 25.3 Å². The Labute approximate surface area is 177 Å². The smallest absolute Gasteiger partial charge is 0.355 e. The lowest BCUT2D eigenvalue weighted by molar-refractivity contribution is -0.150. The van der Waals surface area contributed by atoms with Crippen LogP contribution in [0.1, 0.15) is 20.8 Å². The maximum atomic E-state index is 12.7. The molecule has 1 aromatic rings. The molecule has 0 heterocycles. The molecule has 1 rings (SSSR count). The SMILES string of the molecule is COC(=O)/C(=N\NC(C)(C)C)[C@H](C(=O)OC)C(=O)C(=O)Nc1cc(Cl)ccc1Cl. The predicted octanol–water partition coefficient (Wildman–Crippen LogP) is 2.21. The number of halogens is 2. The van der Waals surface area contributed by atoms with E-state index in [1.54, 1.807) is 20.8 Å². The number of hydrogen-bond acceptors (Lipinski definition) is 8. The van der Waals surface area contributed by atoms with Gasteiger partial charge in [-0.25, -0.2) is 4.79 Å². The van der Waals surface area contributed by atoms with Gasteiger partial charge >= 0.3 is 11.9 Å². The topological polar surface area (TPSA) is 123 Å². The van der Waals surface area contributed by atoms with Gasteiger partial charge in [-0.05, 0) is 39.0 Å². The van der Waals surface area contributed by atoms with Crippen LogP contribution in [0, 0.1) is 5.92 Å². The van der Waals surface area contributed by atoms with Crippen molar-refractivity contribution in [2.45, 2.75) is 26.3 Å². The van der Waals surface area contributed by atoms with E-state index in [1.807, 2.05) is 0 Å². The van der Waals surface area contributed by atoms with Crippen molar-refractivity contribution in [2.75, 3.05) is 19.5 Å². The van der Waals surface area contributed by atoms with Crippen LogP contribution in [0.15, 0.2) is 23.3 Å². The van der Waals surface area contributed by atoms with Gasteiger partial charge in [0.15, 0.2) is 11.6 Å². The highest BCUT2D eigenvalue weighted by Crippen LogP contribution is 2.25. The zero-order valence-electron chi connectivity index (χ0n) is 16.5. The number of Topliss-reactive ketones (excluding diaryl/α,β-unsaturated/α-hetero) is 1. The number of esters is 2. The van der Waals surface area contributed by atoms with Crippen molar-refractivity contribution < 1.29 is 28.7 Å². The first-order valence-corrected chi connectivity index (χ1v) is 8.98. The first-order valence-electron chi connectivity index (χ1n) is 8.22. The van der Waals surface area contributed by atoms with E-state index < -0.39 is 40.8 Å². The normalized spacial score (nSPS) is 12.6. The third kappa shape index (κ3) is 7.03. The van der Waals surface area contributed by atoms with Crippen molar-refractivity contribution in [1.29, 1.82) is 0 Å². The van der Waals surface area contributed by atoms with Gasteiger partial charge in [-0.15, -0.1) is 0 Å². The molecule has 1 amide bonds. The summed E-state index contributed by atoms with van der Waals surface area (Å²) in [6.07, 6.45) is 0. The molecule has 9 nitrogen and oxygen atoms in total. The number of benzene rings is 1. The van der Waals surface area contributed by atoms with Crippen LogP contribution in [0.25, 0.3) is 0 Å². The fraction of sp³-hybridized carbons (Fsp3) is 0.389. The van der Waals surface area contributed by atoms with Crippen LogP contribution >= 0.6 is 23.2 Å². The van der Waals surface area contributed by atoms with Crippen LogP contribution in [0.3, 0.4) is 0 Å². The summed E-state index contributed by atoms with van der Waals surface area (Å²) in [5.41, 5.74) is 1.42. The number of ether oxygens (including phenoxy) is 2. The van der Waals surface area contributed by atoms with Crippen molar-refractivity contribution in [3.63, 3.8) is 0 Å². The monoisotopic (exact) mass is 445 g/mol. The third-order valence-corrected chi connectivity index (χ3v) is 3.84. The second-order valence-electron chi connectivity index (χ2n) is 6.75. The number of anilines is 1. The van der Waals surface area contributed by atoms with Crippen molar-refractivity contribution in [2.24, 2.45) is 11.0 Å². The fourth-order valence-electron chi connectivity index (χ4n) is 1.93. The largest absolute Gasteiger partial charge is 0.468 e. The second kappa shape index (κ2) is 10.2. The lowest BCUT2D eigenvalue weighted by atomic mass is 9.97. The Bertz CT molecular complexity index is 848. The van der Waals surface area contributed by atoms with Crippen LogP contribution in [0.4, 0.5) is 5.69 Å². The molecule has 1 atom stereocenters. The Morgan fingerprint density at radius 2 is 1.69 bits per heavy atom. The summed E-state index contributed by atoms with van der Waals surface area (Å²) in [5, 5.41) is 6.44. The molecule has 0 aliphatic carbocycles. The van der Waals surface area contributed by atoms with Crippen molar-refractivity contribution in [3.8, 4) is 0 Å². The minimum atomic E-state index is -1.96. The number of nitrogens with one attached hydrogen (secondary N) is 2. The van der Waals surface area contributed by atoms with Crippen LogP contribution in [0.2, 0.25) is 10.0 Å². The van der Waals surface area contributed by atoms with E-state index in [0.717, 1.165) is 14.2 Å². The fourth-order valence-corrected chi connectivity index (χ4v) is 2.27. The number of hydrogen-bond donors (Lipinski definition) is 2. The number of amides is 1. The van der Waals surface area contributed by atoms with E-state index >= 15 is 0 Å². The molecular weight excluding hydrogens is 425 g/mol. The van der Waals surface area contributed by atoms with Crippen LogP contribution in [-0.4, -0.2) is 49.1 Å². The van der Waals surface area contributed by atoms with Gasteiger partial charge in [-0.1, -0.05) is 23.2 Å². The first kappa shape index (κ1) is 24.4. The number of hydrazone groups is 1. The summed E-state index contributed by atoms with van der Waals surface area (Å²) in [6.45, 7) is 5.19. The van der Waals surface area contributed by atoms with Crippen LogP contribution in [-0.2, 0) is 28.7 Å². The Morgan fingerprint density at radius 1 is 1.07 bits per heavy atom. The molecule has 0 aliphatic heterocycles. The Balaban J connectivity index is 3.31. The maximum absolute atomic E-state index is 12.7. The first-order chi connectivity index (χ1) is 13.4. The molecule has 29 heavy (non-hydrogen) atoms. The summed E-state index contributed by atoms with van der Waals surface area (Å²) in [6, 6.07) is 4.22. The lowest BCUT2D eigenvalue weighted by Crippen LogP contribution is -2.45. The molecule has 0 bridgehead atoms. The summed E-state index contributed by atoms with van der Waals surface area (Å²) in [7, 11) is 2.04. The molecule has 0 saturated carbocycles. The van der Waals surface area contributed by atoms with E-state index in [4.69, 9.17) is 23.2 Å². The number of carbonyl (C=O) groups excluding carboxylic acids is 4. The number of carbonyl (C=O) groups is 4. The number of ketones is 1. The quantitative estimate of drug-likeness (QED) is 0.216. The van der Waals surface area contributed by atoms with Gasteiger partial charge in [0.2, 0.25) is 5.78 Å². The number of nitrogens with zero attached hydrogens (tertiary/aromatic N) is 1. The summed E-state index contributed by atoms with van der Waals surface area (Å²) in [5.74, 6) is -6.73. The highest BCUT2D eigenvalue weighted by Gasteiger charge is 2.41. The Morgan fingerprint density at radius 3 is 2.21 bits per heavy atom. The molecule has 0 saturated heterocycles. The molecule has 0 spiro atoms. The maximum Gasteiger partial charge on any atom is 0.355 e. The standard InChI is InChI=1S/C18H21Cl2N3O6/c1-18(2,3)23-22-13(17(27)29-5)12(16(26)28-4)14(24)15(25)21-11-8-9(19)6-7-10(11)20/h6-8,12,23H,1-5H3,(H,21,25)/b22-13-/t12-/m0/s1. The molecule has 0 aliphatic rings. The summed E-state index contributed by atoms with van der Waals surface area (Å²) < 4.78 is 9.18. The molecule has 0 aromatic heterocycles. The number of methoxy groups -OCH3 is 2. The molecule has 2 N–H and O–H groups in total. The summed E-state index contributed by atoms with van der Waals surface area (Å²) in [4.78, 5) is 49.6. The predicted molar refractivity (Wildman–Crippen MR) is 108 cm³/mol. The van der Waals surface area contributed by atoms with E-state index in [-0.39, 0.29) is 15.7 Å². The average molecular weight is 446 g/mol. The van der Waals surface area contributed by atoms with Crippen molar-refractivity contribution in [1.82, 2.24) is 5.43 Å². The van der Waals surface area contributed by atoms with Crippen molar-refractivity contribution >= 4 is 58.2 Å². The third-order valence-electron chi connectivity index (χ3n) is 3.28. The van der Waals surface area contributed by atoms with Crippen molar-refractivity contribution in [3.05, 3.63) is 28.2 Å². The minimum Gasteiger partial charge on any atom is -0.468 e. The molecule has 158 valence electrons. The molecule has 0 radical (unpaired) electrons. The Hall–Kier alpha value is -2.65. The zero-order valence-corrected chi connectivity index (χ0v) is 18.0. The number of rotatable bonds is 7. The average Bonchev–Trinajstić information content (AvgIpc) is 2.65. The van der Waals surface area contributed by atoms with Gasteiger partial charge in [-0.3, -0.25) is 14.4 Å². The van der Waals surface area contributed by atoms with E-state index in [9.17, 15) is 19.2 Å². The highest BCUT2D eigenvalue weighted by molar-refractivity contribution is 6.56. The highest BCUT2D eigenvalue weighted by atomic mass is 35.5. The second-order valence-corrected chi connectivity index (χ2v) is 7.59. The van der Waals surface area contributed by atoms with Crippen LogP contribution in [0.5, 0.6) is 0 Å². The van der Waals surface area contributed by atoms with Crippen LogP contribution < -0.4 is 10.7 Å². The minimum absolute atomic E-state index is 0.0468. The zero-order chi connectivity index (χ0) is 22.4. The van der Waals surface area contributed by atoms with Gasteiger partial charge in [0, 0.05) is 10.6 Å². The van der Waals surface area contributed by atoms with Gasteiger partial charge in [-0.2, -0.15) is 5.10 Å². The molecule has 1 aromatic carbocycles. The molecular formula is C18H21Cl2N3O6.